The minimum atomic E-state index is 0.503. The molecular weight excluding hydrogens is 122 g/mol. The Morgan fingerprint density at radius 1 is 1.40 bits per heavy atom. The summed E-state index contributed by atoms with van der Waals surface area (Å²) < 4.78 is 0. The Balaban J connectivity index is 3.12. The highest BCUT2D eigenvalue weighted by Crippen LogP contribution is 1.84. The summed E-state index contributed by atoms with van der Waals surface area (Å²) in [6, 6.07) is 0. The highest BCUT2D eigenvalue weighted by Gasteiger charge is 1.80. The third kappa shape index (κ3) is 7.52. The second-order valence-electron chi connectivity index (χ2n) is 2.65. The molecule has 0 aliphatic carbocycles. The van der Waals surface area contributed by atoms with E-state index >= 15 is 0 Å². The molecule has 0 amide bonds. The van der Waals surface area contributed by atoms with Crippen LogP contribution in [0.1, 0.15) is 27.2 Å². The Morgan fingerprint density at radius 3 is 2.60 bits per heavy atom. The van der Waals surface area contributed by atoms with E-state index in [4.69, 9.17) is 0 Å². The summed E-state index contributed by atoms with van der Waals surface area (Å²) in [5, 5.41) is 3.22. The second kappa shape index (κ2) is 6.64. The van der Waals surface area contributed by atoms with Crippen LogP contribution in [-0.2, 0) is 0 Å². The van der Waals surface area contributed by atoms with Crippen molar-refractivity contribution < 1.29 is 0 Å². The Morgan fingerprint density at radius 2 is 2.10 bits per heavy atom. The maximum Gasteiger partial charge on any atom is 0.0576 e. The van der Waals surface area contributed by atoms with Crippen LogP contribution in [0, 0.1) is 17.8 Å². The van der Waals surface area contributed by atoms with Crippen molar-refractivity contribution in [3.05, 3.63) is 0 Å². The monoisotopic (exact) mass is 139 g/mol. The van der Waals surface area contributed by atoms with E-state index in [1.807, 2.05) is 0 Å². The number of hydrogen-bond donors (Lipinski definition) is 1. The van der Waals surface area contributed by atoms with Gasteiger partial charge in [0.25, 0.3) is 0 Å². The first-order valence-electron chi connectivity index (χ1n) is 3.96. The first-order chi connectivity index (χ1) is 4.77. The minimum absolute atomic E-state index is 0.503. The molecule has 0 spiro atoms. The average Bonchev–Trinajstić information content (AvgIpc) is 1.87. The predicted molar refractivity (Wildman–Crippen MR) is 45.8 cm³/mol. The SMILES string of the molecule is CCCNCC#CC(C)C. The maximum absolute atomic E-state index is 3.22. The molecule has 0 aliphatic rings. The summed E-state index contributed by atoms with van der Waals surface area (Å²) in [6.45, 7) is 8.28. The molecule has 0 rings (SSSR count). The van der Waals surface area contributed by atoms with Gasteiger partial charge in [-0.3, -0.25) is 0 Å². The smallest absolute Gasteiger partial charge is 0.0576 e. The molecule has 0 heterocycles. The highest BCUT2D eigenvalue weighted by molar-refractivity contribution is 5.02. The second-order valence-corrected chi connectivity index (χ2v) is 2.65. The van der Waals surface area contributed by atoms with Gasteiger partial charge >= 0.3 is 0 Å². The summed E-state index contributed by atoms with van der Waals surface area (Å²) in [7, 11) is 0. The molecule has 0 bridgehead atoms. The number of nitrogens with one attached hydrogen (secondary N) is 1. The fraction of sp³-hybridized carbons (Fsp3) is 0.778. The molecule has 0 aromatic heterocycles. The zero-order valence-electron chi connectivity index (χ0n) is 7.20. The lowest BCUT2D eigenvalue weighted by Gasteiger charge is -1.93. The third-order valence-corrected chi connectivity index (χ3v) is 1.03. The molecule has 0 unspecified atom stereocenters. The van der Waals surface area contributed by atoms with Crippen LogP contribution in [0.3, 0.4) is 0 Å². The lowest BCUT2D eigenvalue weighted by atomic mass is 10.2. The van der Waals surface area contributed by atoms with Crippen LogP contribution in [0.25, 0.3) is 0 Å². The standard InChI is InChI=1S/C9H17N/c1-4-7-10-8-5-6-9(2)3/h9-10H,4,7-8H2,1-3H3. The molecule has 0 atom stereocenters. The summed E-state index contributed by atoms with van der Waals surface area (Å²) in [5.74, 6) is 6.65. The van der Waals surface area contributed by atoms with Crippen molar-refractivity contribution in [3.63, 3.8) is 0 Å². The lowest BCUT2D eigenvalue weighted by Crippen LogP contribution is -2.14. The van der Waals surface area contributed by atoms with E-state index in [0.717, 1.165) is 13.1 Å². The fourth-order valence-electron chi connectivity index (χ4n) is 0.583. The number of hydrogen-bond acceptors (Lipinski definition) is 1. The van der Waals surface area contributed by atoms with E-state index in [1.165, 1.54) is 6.42 Å². The minimum Gasteiger partial charge on any atom is -0.306 e. The summed E-state index contributed by atoms with van der Waals surface area (Å²) in [6.07, 6.45) is 1.18. The van der Waals surface area contributed by atoms with Crippen molar-refractivity contribution in [2.24, 2.45) is 5.92 Å². The molecular formula is C9H17N. The maximum atomic E-state index is 3.22. The van der Waals surface area contributed by atoms with Gasteiger partial charge in [-0.2, -0.15) is 0 Å². The van der Waals surface area contributed by atoms with Gasteiger partial charge in [-0.25, -0.2) is 0 Å². The van der Waals surface area contributed by atoms with Gasteiger partial charge in [0, 0.05) is 5.92 Å². The van der Waals surface area contributed by atoms with Crippen molar-refractivity contribution in [3.8, 4) is 11.8 Å². The summed E-state index contributed by atoms with van der Waals surface area (Å²) in [4.78, 5) is 0. The van der Waals surface area contributed by atoms with Gasteiger partial charge in [0.2, 0.25) is 0 Å². The zero-order valence-corrected chi connectivity index (χ0v) is 7.20. The molecule has 0 fully saturated rings. The molecule has 0 aliphatic heterocycles. The van der Waals surface area contributed by atoms with Crippen molar-refractivity contribution in [2.75, 3.05) is 13.1 Å². The van der Waals surface area contributed by atoms with Crippen LogP contribution >= 0.6 is 0 Å². The van der Waals surface area contributed by atoms with Gasteiger partial charge < -0.3 is 5.32 Å². The van der Waals surface area contributed by atoms with Crippen LogP contribution in [0.2, 0.25) is 0 Å². The molecule has 0 aromatic carbocycles. The van der Waals surface area contributed by atoms with Crippen molar-refractivity contribution >= 4 is 0 Å². The van der Waals surface area contributed by atoms with Gasteiger partial charge in [-0.1, -0.05) is 32.6 Å². The van der Waals surface area contributed by atoms with E-state index < -0.39 is 0 Å². The Labute approximate surface area is 64.2 Å². The van der Waals surface area contributed by atoms with Crippen LogP contribution in [0.4, 0.5) is 0 Å². The van der Waals surface area contributed by atoms with Gasteiger partial charge in [-0.15, -0.1) is 0 Å². The van der Waals surface area contributed by atoms with Crippen LogP contribution in [0.15, 0.2) is 0 Å². The first-order valence-corrected chi connectivity index (χ1v) is 3.96. The molecule has 10 heavy (non-hydrogen) atoms. The van der Waals surface area contributed by atoms with Crippen molar-refractivity contribution in [1.29, 1.82) is 0 Å². The predicted octanol–water partition coefficient (Wildman–Crippen LogP) is 1.65. The number of rotatable bonds is 3. The normalized spacial score (nSPS) is 9.20. The topological polar surface area (TPSA) is 12.0 Å². The van der Waals surface area contributed by atoms with Crippen LogP contribution in [0.5, 0.6) is 0 Å². The van der Waals surface area contributed by atoms with Crippen molar-refractivity contribution in [2.45, 2.75) is 27.2 Å². The van der Waals surface area contributed by atoms with Crippen molar-refractivity contribution in [1.82, 2.24) is 5.32 Å². The van der Waals surface area contributed by atoms with Gasteiger partial charge in [0.05, 0.1) is 6.54 Å². The van der Waals surface area contributed by atoms with Crippen LogP contribution in [-0.4, -0.2) is 13.1 Å². The average molecular weight is 139 g/mol. The van der Waals surface area contributed by atoms with E-state index in [-0.39, 0.29) is 0 Å². The molecule has 1 nitrogen and oxygen atoms in total. The molecule has 0 saturated heterocycles. The van der Waals surface area contributed by atoms with E-state index in [1.54, 1.807) is 0 Å². The Kier molecular flexibility index (Phi) is 6.32. The largest absolute Gasteiger partial charge is 0.306 e. The molecule has 1 heteroatoms. The molecule has 58 valence electrons. The fourth-order valence-corrected chi connectivity index (χ4v) is 0.583. The van der Waals surface area contributed by atoms with E-state index in [0.29, 0.717) is 5.92 Å². The van der Waals surface area contributed by atoms with E-state index in [9.17, 15) is 0 Å². The zero-order chi connectivity index (χ0) is 7.82. The Hall–Kier alpha value is -0.480. The van der Waals surface area contributed by atoms with Crippen LogP contribution < -0.4 is 5.32 Å². The first kappa shape index (κ1) is 9.52. The van der Waals surface area contributed by atoms with Gasteiger partial charge in [-0.05, 0) is 13.0 Å². The summed E-state index contributed by atoms with van der Waals surface area (Å²) in [5.41, 5.74) is 0. The lowest BCUT2D eigenvalue weighted by molar-refractivity contribution is 0.735. The molecule has 0 aromatic rings. The van der Waals surface area contributed by atoms with Gasteiger partial charge in [0.1, 0.15) is 0 Å². The molecule has 1 N–H and O–H groups in total. The summed E-state index contributed by atoms with van der Waals surface area (Å²) >= 11 is 0. The van der Waals surface area contributed by atoms with E-state index in [2.05, 4.69) is 37.9 Å². The van der Waals surface area contributed by atoms with Gasteiger partial charge in [0.15, 0.2) is 0 Å². The molecule has 0 radical (unpaired) electrons. The third-order valence-electron chi connectivity index (χ3n) is 1.03. The quantitative estimate of drug-likeness (QED) is 0.463. The highest BCUT2D eigenvalue weighted by atomic mass is 14.8. The molecule has 0 saturated carbocycles. The Bertz CT molecular complexity index is 116.